The quantitative estimate of drug-likeness (QED) is 0.526. The predicted molar refractivity (Wildman–Crippen MR) is 82.9 cm³/mol. The van der Waals surface area contributed by atoms with Crippen molar-refractivity contribution < 1.29 is 13.2 Å². The second-order valence-electron chi connectivity index (χ2n) is 4.84. The first kappa shape index (κ1) is 15.9. The van der Waals surface area contributed by atoms with Crippen molar-refractivity contribution in [1.29, 1.82) is 0 Å². The topological polar surface area (TPSA) is 41.6 Å². The molecule has 0 aliphatic rings. The van der Waals surface area contributed by atoms with Crippen molar-refractivity contribution in [3.63, 3.8) is 0 Å². The van der Waals surface area contributed by atoms with Crippen molar-refractivity contribution in [2.75, 3.05) is 17.8 Å². The van der Waals surface area contributed by atoms with Crippen molar-refractivity contribution in [3.05, 3.63) is 59.7 Å². The zero-order valence-electron chi connectivity index (χ0n) is 12.2. The van der Waals surface area contributed by atoms with E-state index >= 15 is 0 Å². The van der Waals surface area contributed by atoms with Crippen LogP contribution in [0.2, 0.25) is 0 Å². The molecule has 0 bridgehead atoms. The Balaban J connectivity index is 2.30. The number of hydrogen-bond acceptors (Lipinski definition) is 3. The lowest BCUT2D eigenvalue weighted by molar-refractivity contribution is -0.137. The Hall–Kier alpha value is -2.50. The highest BCUT2D eigenvalue weighted by atomic mass is 19.4. The van der Waals surface area contributed by atoms with Gasteiger partial charge in [0.25, 0.3) is 0 Å². The molecular weight excluding hydrogens is 291 g/mol. The van der Waals surface area contributed by atoms with Crippen LogP contribution in [-0.2, 0) is 6.18 Å². The molecule has 0 aliphatic heterocycles. The molecule has 0 radical (unpaired) electrons. The van der Waals surface area contributed by atoms with E-state index in [1.54, 1.807) is 19.0 Å². The highest BCUT2D eigenvalue weighted by molar-refractivity contribution is 6.03. The minimum Gasteiger partial charge on any atom is -0.398 e. The molecule has 0 aromatic heterocycles. The summed E-state index contributed by atoms with van der Waals surface area (Å²) >= 11 is 0. The van der Waals surface area contributed by atoms with E-state index < -0.39 is 11.7 Å². The molecule has 0 saturated heterocycles. The summed E-state index contributed by atoms with van der Waals surface area (Å²) < 4.78 is 37.9. The molecular formula is C16H16F3N3. The van der Waals surface area contributed by atoms with Gasteiger partial charge in [0.2, 0.25) is 0 Å². The van der Waals surface area contributed by atoms with E-state index in [-0.39, 0.29) is 5.69 Å². The zero-order chi connectivity index (χ0) is 16.3. The Morgan fingerprint density at radius 2 is 1.73 bits per heavy atom. The summed E-state index contributed by atoms with van der Waals surface area (Å²) in [6.07, 6.45) is -4.40. The maximum Gasteiger partial charge on any atom is 0.416 e. The molecule has 116 valence electrons. The van der Waals surface area contributed by atoms with Gasteiger partial charge in [0.15, 0.2) is 0 Å². The standard InChI is InChI=1S/C16H16F3N3/c1-11(21-22(2)13-6-4-3-5-7-13)14-9-8-12(10-15(14)20)16(17,18)19/h3-10H,20H2,1-2H3/b21-11+. The fourth-order valence-electron chi connectivity index (χ4n) is 2.05. The molecule has 0 saturated carbocycles. The van der Waals surface area contributed by atoms with Crippen LogP contribution in [0.3, 0.4) is 0 Å². The maximum absolute atomic E-state index is 12.6. The molecule has 22 heavy (non-hydrogen) atoms. The van der Waals surface area contributed by atoms with E-state index in [4.69, 9.17) is 5.73 Å². The Labute approximate surface area is 126 Å². The number of benzene rings is 2. The van der Waals surface area contributed by atoms with Crippen molar-refractivity contribution in [2.24, 2.45) is 5.10 Å². The third kappa shape index (κ3) is 3.58. The van der Waals surface area contributed by atoms with Gasteiger partial charge in [-0.15, -0.1) is 0 Å². The first-order chi connectivity index (χ1) is 10.3. The lowest BCUT2D eigenvalue weighted by Gasteiger charge is -2.16. The van der Waals surface area contributed by atoms with Crippen LogP contribution in [0.5, 0.6) is 0 Å². The number of hydrazone groups is 1. The smallest absolute Gasteiger partial charge is 0.398 e. The molecule has 3 nitrogen and oxygen atoms in total. The van der Waals surface area contributed by atoms with Gasteiger partial charge in [0.1, 0.15) is 0 Å². The summed E-state index contributed by atoms with van der Waals surface area (Å²) in [6, 6.07) is 12.7. The Bertz CT molecular complexity index is 679. The number of nitrogens with two attached hydrogens (primary N) is 1. The van der Waals surface area contributed by atoms with Gasteiger partial charge < -0.3 is 5.73 Å². The van der Waals surface area contributed by atoms with E-state index in [0.29, 0.717) is 11.3 Å². The molecule has 6 heteroatoms. The number of nitrogens with zero attached hydrogens (tertiary/aromatic N) is 2. The Morgan fingerprint density at radius 1 is 1.09 bits per heavy atom. The lowest BCUT2D eigenvalue weighted by Crippen LogP contribution is -2.14. The molecule has 0 spiro atoms. The number of nitrogen functional groups attached to an aromatic ring is 1. The average molecular weight is 307 g/mol. The number of hydrogen-bond donors (Lipinski definition) is 1. The highest BCUT2D eigenvalue weighted by Crippen LogP contribution is 2.31. The van der Waals surface area contributed by atoms with Crippen LogP contribution < -0.4 is 10.7 Å². The van der Waals surface area contributed by atoms with Gasteiger partial charge in [-0.1, -0.05) is 24.3 Å². The van der Waals surface area contributed by atoms with Gasteiger partial charge in [-0.25, -0.2) is 0 Å². The van der Waals surface area contributed by atoms with E-state index in [2.05, 4.69) is 5.10 Å². The van der Waals surface area contributed by atoms with Crippen LogP contribution >= 0.6 is 0 Å². The number of para-hydroxylation sites is 1. The summed E-state index contributed by atoms with van der Waals surface area (Å²) in [7, 11) is 1.76. The largest absolute Gasteiger partial charge is 0.416 e. The van der Waals surface area contributed by atoms with Crippen LogP contribution in [0.15, 0.2) is 53.6 Å². The molecule has 2 aromatic carbocycles. The third-order valence-corrected chi connectivity index (χ3v) is 3.20. The van der Waals surface area contributed by atoms with Crippen molar-refractivity contribution in [3.8, 4) is 0 Å². The van der Waals surface area contributed by atoms with Crippen LogP contribution in [0, 0.1) is 0 Å². The molecule has 2 N–H and O–H groups in total. The Morgan fingerprint density at radius 3 is 2.27 bits per heavy atom. The molecule has 0 fully saturated rings. The maximum atomic E-state index is 12.6. The highest BCUT2D eigenvalue weighted by Gasteiger charge is 2.30. The van der Waals surface area contributed by atoms with E-state index in [9.17, 15) is 13.2 Å². The molecule has 0 amide bonds. The van der Waals surface area contributed by atoms with Gasteiger partial charge in [-0.3, -0.25) is 5.01 Å². The normalized spacial score (nSPS) is 12.3. The Kier molecular flexibility index (Phi) is 4.40. The molecule has 0 atom stereocenters. The summed E-state index contributed by atoms with van der Waals surface area (Å²) in [6.45, 7) is 1.71. The van der Waals surface area contributed by atoms with Gasteiger partial charge in [0.05, 0.1) is 17.0 Å². The molecule has 2 rings (SSSR count). The molecule has 2 aromatic rings. The van der Waals surface area contributed by atoms with Crippen LogP contribution in [0.1, 0.15) is 18.1 Å². The molecule has 0 heterocycles. The minimum absolute atomic E-state index is 0.0533. The fourth-order valence-corrected chi connectivity index (χ4v) is 2.05. The first-order valence-corrected chi connectivity index (χ1v) is 6.60. The summed E-state index contributed by atoms with van der Waals surface area (Å²) in [5.41, 5.74) is 6.91. The van der Waals surface area contributed by atoms with Gasteiger partial charge in [-0.2, -0.15) is 18.3 Å². The van der Waals surface area contributed by atoms with Crippen LogP contribution in [0.25, 0.3) is 0 Å². The van der Waals surface area contributed by atoms with Gasteiger partial charge >= 0.3 is 6.18 Å². The second-order valence-corrected chi connectivity index (χ2v) is 4.84. The van der Waals surface area contributed by atoms with E-state index in [0.717, 1.165) is 17.8 Å². The van der Waals surface area contributed by atoms with Crippen molar-refractivity contribution in [1.82, 2.24) is 0 Å². The van der Waals surface area contributed by atoms with Crippen molar-refractivity contribution in [2.45, 2.75) is 13.1 Å². The number of alkyl halides is 3. The molecule has 0 aliphatic carbocycles. The lowest BCUT2D eigenvalue weighted by atomic mass is 10.1. The average Bonchev–Trinajstić information content (AvgIpc) is 2.46. The van der Waals surface area contributed by atoms with Crippen molar-refractivity contribution >= 4 is 17.1 Å². The van der Waals surface area contributed by atoms with Gasteiger partial charge in [-0.05, 0) is 31.2 Å². The molecule has 0 unspecified atom stereocenters. The second kappa shape index (κ2) is 6.09. The fraction of sp³-hybridized carbons (Fsp3) is 0.188. The number of halogens is 3. The SMILES string of the molecule is C/C(=N\N(C)c1ccccc1)c1ccc(C(F)(F)F)cc1N. The summed E-state index contributed by atoms with van der Waals surface area (Å²) in [4.78, 5) is 0. The first-order valence-electron chi connectivity index (χ1n) is 6.60. The summed E-state index contributed by atoms with van der Waals surface area (Å²) in [5, 5.41) is 6.00. The minimum atomic E-state index is -4.40. The van der Waals surface area contributed by atoms with Crippen LogP contribution in [0.4, 0.5) is 24.5 Å². The van der Waals surface area contributed by atoms with E-state index in [1.807, 2.05) is 30.3 Å². The number of anilines is 2. The van der Waals surface area contributed by atoms with E-state index in [1.165, 1.54) is 6.07 Å². The third-order valence-electron chi connectivity index (χ3n) is 3.20. The van der Waals surface area contributed by atoms with Gasteiger partial charge in [0, 0.05) is 18.3 Å². The monoisotopic (exact) mass is 307 g/mol. The van der Waals surface area contributed by atoms with Crippen LogP contribution in [-0.4, -0.2) is 12.8 Å². The number of rotatable bonds is 3. The summed E-state index contributed by atoms with van der Waals surface area (Å²) in [5.74, 6) is 0. The predicted octanol–water partition coefficient (Wildman–Crippen LogP) is 4.15. The zero-order valence-corrected chi connectivity index (χ0v) is 12.2.